The van der Waals surface area contributed by atoms with Gasteiger partial charge in [-0.3, -0.25) is 19.2 Å². The number of aliphatic hydroxyl groups excluding tert-OH is 4. The van der Waals surface area contributed by atoms with Crippen LogP contribution in [0.15, 0.2) is 23.3 Å². The maximum Gasteiger partial charge on any atom is 0.190 e. The van der Waals surface area contributed by atoms with Crippen LogP contribution in [0.1, 0.15) is 105 Å². The lowest BCUT2D eigenvalue weighted by molar-refractivity contribution is -0.391. The number of Topliss-reactive ketones (excluding diaryl/α,β-unsaturated/α-hetero) is 2. The Morgan fingerprint density at radius 1 is 0.667 bits per heavy atom. The Bertz CT molecular complexity index is 1580. The van der Waals surface area contributed by atoms with Gasteiger partial charge >= 0.3 is 0 Å². The quantitative estimate of drug-likeness (QED) is 0.164. The van der Waals surface area contributed by atoms with E-state index in [9.17, 15) is 49.8 Å². The molecule has 6 saturated carbocycles. The minimum Gasteiger partial charge on any atom is -0.393 e. The van der Waals surface area contributed by atoms with E-state index in [1.807, 2.05) is 27.7 Å². The molecule has 0 heterocycles. The fourth-order valence-corrected chi connectivity index (χ4v) is 15.0. The highest BCUT2D eigenvalue weighted by atomic mass is 17.2. The summed E-state index contributed by atoms with van der Waals surface area (Å²) in [5, 5.41) is 67.0. The van der Waals surface area contributed by atoms with Crippen LogP contribution in [0, 0.1) is 57.2 Å². The monoisotopic (exact) mass is 754 g/mol. The highest BCUT2D eigenvalue weighted by molar-refractivity contribution is 5.93. The number of aliphatic hydroxyl groups is 6. The van der Waals surface area contributed by atoms with Crippen molar-refractivity contribution in [2.24, 2.45) is 57.2 Å². The fraction of sp³-hybridized carbons (Fsp3) is 0.810. The summed E-state index contributed by atoms with van der Waals surface area (Å²) in [7, 11) is 0. The van der Waals surface area contributed by atoms with Gasteiger partial charge in [-0.05, 0) is 112 Å². The van der Waals surface area contributed by atoms with Gasteiger partial charge in [-0.1, -0.05) is 38.8 Å². The van der Waals surface area contributed by atoms with Crippen molar-refractivity contribution in [2.75, 3.05) is 13.2 Å². The van der Waals surface area contributed by atoms with Crippen LogP contribution in [0.2, 0.25) is 0 Å². The lowest BCUT2D eigenvalue weighted by Crippen LogP contribution is -2.65. The van der Waals surface area contributed by atoms with Gasteiger partial charge in [-0.15, -0.1) is 0 Å². The molecule has 0 aromatic carbocycles. The van der Waals surface area contributed by atoms with Gasteiger partial charge in [0, 0.05) is 34.5 Å². The Kier molecular flexibility index (Phi) is 9.08. The molecule has 8 aliphatic rings. The summed E-state index contributed by atoms with van der Waals surface area (Å²) < 4.78 is 0. The summed E-state index contributed by atoms with van der Waals surface area (Å²) in [6.45, 7) is 6.19. The summed E-state index contributed by atoms with van der Waals surface area (Å²) in [6.07, 6.45) is 4.15. The van der Waals surface area contributed by atoms with Crippen molar-refractivity contribution in [2.45, 2.75) is 140 Å². The second kappa shape index (κ2) is 12.7. The second-order valence-electron chi connectivity index (χ2n) is 19.4. The van der Waals surface area contributed by atoms with Crippen LogP contribution in [-0.2, 0) is 29.0 Å². The molecular weight excluding hydrogens is 696 g/mol. The normalized spacial score (nSPS) is 52.2. The average molecular weight is 755 g/mol. The minimum absolute atomic E-state index is 0.00252. The van der Waals surface area contributed by atoms with Crippen molar-refractivity contribution in [3.05, 3.63) is 23.3 Å². The van der Waals surface area contributed by atoms with Crippen LogP contribution in [0.3, 0.4) is 0 Å². The van der Waals surface area contributed by atoms with Crippen LogP contribution in [-0.4, -0.2) is 103 Å². The molecule has 12 heteroatoms. The zero-order chi connectivity index (χ0) is 39.0. The summed E-state index contributed by atoms with van der Waals surface area (Å²) in [5.41, 5.74) is -5.29. The first-order valence-electron chi connectivity index (χ1n) is 20.2. The molecule has 0 aliphatic heterocycles. The third-order valence-electron chi connectivity index (χ3n) is 17.8. The maximum atomic E-state index is 13.3. The molecule has 0 saturated heterocycles. The molecular formula is C42H58O12. The minimum atomic E-state index is -1.74. The lowest BCUT2D eigenvalue weighted by Gasteiger charge is -2.62. The van der Waals surface area contributed by atoms with E-state index >= 15 is 0 Å². The SMILES string of the molecule is C[C@]12C[C@H](O)[C@H]3[C@@H](CCC4=CC(=O)CC(OOC5CC(=O)C=C6CC[C@@H]7[C@H]([C@@H](O)C[C@@]8(C)[C@H]7CC[C@]8(O)C(=O)CO)[C@]65C)[C@@]43C)[C@@H]1CC[C@]2(O)C(=O)CO. The number of fused-ring (bicyclic) bond motifs is 10. The number of rotatable bonds is 7. The van der Waals surface area contributed by atoms with Gasteiger partial charge in [0.25, 0.3) is 0 Å². The third kappa shape index (κ3) is 4.83. The van der Waals surface area contributed by atoms with Crippen LogP contribution in [0.25, 0.3) is 0 Å². The summed E-state index contributed by atoms with van der Waals surface area (Å²) in [5.74, 6) is -2.64. The number of hydrogen-bond acceptors (Lipinski definition) is 12. The van der Waals surface area contributed by atoms with E-state index in [1.165, 1.54) is 0 Å². The molecule has 16 atom stereocenters. The molecule has 0 aromatic rings. The van der Waals surface area contributed by atoms with Crippen molar-refractivity contribution in [3.63, 3.8) is 0 Å². The van der Waals surface area contributed by atoms with E-state index in [0.717, 1.165) is 11.1 Å². The summed E-state index contributed by atoms with van der Waals surface area (Å²) in [4.78, 5) is 65.4. The van der Waals surface area contributed by atoms with Crippen molar-refractivity contribution >= 4 is 23.1 Å². The van der Waals surface area contributed by atoms with E-state index in [2.05, 4.69) is 0 Å². The Morgan fingerprint density at radius 2 is 1.04 bits per heavy atom. The van der Waals surface area contributed by atoms with Gasteiger partial charge < -0.3 is 30.6 Å². The van der Waals surface area contributed by atoms with Crippen LogP contribution in [0.5, 0.6) is 0 Å². The molecule has 8 rings (SSSR count). The van der Waals surface area contributed by atoms with E-state index in [-0.39, 0.29) is 85.6 Å². The summed E-state index contributed by atoms with van der Waals surface area (Å²) >= 11 is 0. The van der Waals surface area contributed by atoms with Gasteiger partial charge in [0.05, 0.1) is 12.2 Å². The van der Waals surface area contributed by atoms with E-state index in [4.69, 9.17) is 9.78 Å². The second-order valence-corrected chi connectivity index (χ2v) is 19.4. The predicted octanol–water partition coefficient (Wildman–Crippen LogP) is 2.48. The Balaban J connectivity index is 1.09. The molecule has 54 heavy (non-hydrogen) atoms. The Morgan fingerprint density at radius 3 is 1.39 bits per heavy atom. The van der Waals surface area contributed by atoms with Gasteiger partial charge in [-0.2, -0.15) is 0 Å². The summed E-state index contributed by atoms with van der Waals surface area (Å²) in [6, 6.07) is 0. The molecule has 12 nitrogen and oxygen atoms in total. The highest BCUT2D eigenvalue weighted by Crippen LogP contribution is 2.70. The number of carbonyl (C=O) groups excluding carboxylic acids is 4. The van der Waals surface area contributed by atoms with Gasteiger partial charge in [0.1, 0.15) is 36.6 Å². The largest absolute Gasteiger partial charge is 0.393 e. The average Bonchev–Trinajstić information content (AvgIpc) is 3.55. The van der Waals surface area contributed by atoms with E-state index in [1.54, 1.807) is 12.2 Å². The molecule has 6 N–H and O–H groups in total. The zero-order valence-corrected chi connectivity index (χ0v) is 32.0. The van der Waals surface area contributed by atoms with Crippen molar-refractivity contribution in [1.29, 1.82) is 0 Å². The van der Waals surface area contributed by atoms with Crippen molar-refractivity contribution in [3.8, 4) is 0 Å². The first kappa shape index (κ1) is 38.7. The molecule has 0 spiro atoms. The van der Waals surface area contributed by atoms with Crippen molar-refractivity contribution < 1.29 is 59.6 Å². The van der Waals surface area contributed by atoms with Crippen LogP contribution >= 0.6 is 0 Å². The third-order valence-corrected chi connectivity index (χ3v) is 17.8. The molecule has 8 aliphatic carbocycles. The Hall–Kier alpha value is -2.16. The van der Waals surface area contributed by atoms with Crippen LogP contribution < -0.4 is 0 Å². The van der Waals surface area contributed by atoms with Gasteiger partial charge in [0.15, 0.2) is 23.1 Å². The number of ketones is 4. The fourth-order valence-electron chi connectivity index (χ4n) is 15.0. The zero-order valence-electron chi connectivity index (χ0n) is 32.0. The smallest absolute Gasteiger partial charge is 0.190 e. The van der Waals surface area contributed by atoms with Gasteiger partial charge in [0.2, 0.25) is 0 Å². The molecule has 6 fully saturated rings. The van der Waals surface area contributed by atoms with Crippen molar-refractivity contribution in [1.82, 2.24) is 0 Å². The molecule has 298 valence electrons. The lowest BCUT2D eigenvalue weighted by atomic mass is 9.44. The van der Waals surface area contributed by atoms with Gasteiger partial charge in [-0.25, -0.2) is 9.78 Å². The predicted molar refractivity (Wildman–Crippen MR) is 191 cm³/mol. The van der Waals surface area contributed by atoms with Crippen LogP contribution in [0.4, 0.5) is 0 Å². The van der Waals surface area contributed by atoms with E-state index in [0.29, 0.717) is 38.5 Å². The molecule has 0 amide bonds. The molecule has 0 aromatic heterocycles. The molecule has 2 unspecified atom stereocenters. The van der Waals surface area contributed by atoms with E-state index < -0.39 is 82.1 Å². The highest BCUT2D eigenvalue weighted by Gasteiger charge is 2.71. The topological polar surface area (TPSA) is 208 Å². The number of hydrogen-bond donors (Lipinski definition) is 6. The Labute approximate surface area is 316 Å². The number of carbonyl (C=O) groups is 4. The molecule has 0 radical (unpaired) electrons. The molecule has 0 bridgehead atoms. The first-order valence-corrected chi connectivity index (χ1v) is 20.2. The first-order chi connectivity index (χ1) is 25.3. The maximum absolute atomic E-state index is 13.3. The standard InChI is InChI=1S/C42H58O12/c1-37-17-29(47)35-25(27(37)9-11-41(37,51)31(49)19-43)7-5-21-13-23(45)15-33(39(21,35)3)53-54-34-16-24(46)14-22-6-8-26-28-10-12-42(52,32(50)20-44)38(28,2)18-30(48)36(26)40(22,34)4/h13-14,25-30,33-36,43-44,47-48,51-52H,5-12,15-20H2,1-4H3/t25-,26-,27-,28-,29-,30-,33?,34?,35+,36+,37-,38-,39+,40+,41-,42-/m0/s1.